The minimum Gasteiger partial charge on any atom is -0.452 e. The fourth-order valence-corrected chi connectivity index (χ4v) is 3.29. The highest BCUT2D eigenvalue weighted by Gasteiger charge is 2.26. The van der Waals surface area contributed by atoms with Crippen LogP contribution in [-0.4, -0.2) is 70.7 Å². The molecule has 140 valence electrons. The largest absolute Gasteiger partial charge is 0.452 e. The van der Waals surface area contributed by atoms with Crippen molar-refractivity contribution in [2.45, 2.75) is 0 Å². The van der Waals surface area contributed by atoms with Crippen LogP contribution in [0.25, 0.3) is 0 Å². The Kier molecular flexibility index (Phi) is 7.82. The highest BCUT2D eigenvalue weighted by Crippen LogP contribution is 2.18. The fraction of sp³-hybridized carbons (Fsp3) is 0.375. The number of anilines is 1. The molecule has 0 aromatic heterocycles. The Hall–Kier alpha value is -2.17. The average Bonchev–Trinajstić information content (AvgIpc) is 2.96. The minimum absolute atomic E-state index is 0.0761. The van der Waals surface area contributed by atoms with Gasteiger partial charge in [0.25, 0.3) is 5.91 Å². The number of para-hydroxylation sites is 1. The zero-order valence-electron chi connectivity index (χ0n) is 13.9. The maximum atomic E-state index is 12.1. The molecule has 1 aliphatic heterocycles. The summed E-state index contributed by atoms with van der Waals surface area (Å²) >= 11 is 6.34. The third-order valence-electron chi connectivity index (χ3n) is 3.41. The number of benzene rings is 1. The van der Waals surface area contributed by atoms with Crippen LogP contribution in [0.1, 0.15) is 10.4 Å². The maximum absolute atomic E-state index is 12.1. The number of carbonyl (C=O) groups is 3. The predicted molar refractivity (Wildman–Crippen MR) is 102 cm³/mol. The van der Waals surface area contributed by atoms with Crippen molar-refractivity contribution in [2.75, 3.05) is 43.9 Å². The van der Waals surface area contributed by atoms with Gasteiger partial charge < -0.3 is 20.5 Å². The second kappa shape index (κ2) is 10.1. The summed E-state index contributed by atoms with van der Waals surface area (Å²) in [7, 11) is 0. The molecule has 10 heteroatoms. The van der Waals surface area contributed by atoms with Gasteiger partial charge in [-0.2, -0.15) is 0 Å². The van der Waals surface area contributed by atoms with Crippen LogP contribution < -0.4 is 10.6 Å². The second-order valence-electron chi connectivity index (χ2n) is 5.22. The molecular formula is C16H19N3O5S2. The number of esters is 1. The standard InChI is InChI=1S/C16H19N3O5S2/c20-8-6-17-12-4-2-1-3-11(12)15(23)24-9-13(21)18-5-7-19-14(22)10-26-16(19)25/h1-4,17,20H,5-10H2,(H,18,21). The van der Waals surface area contributed by atoms with E-state index in [4.69, 9.17) is 22.1 Å². The summed E-state index contributed by atoms with van der Waals surface area (Å²) in [6.45, 7) is 0.295. The van der Waals surface area contributed by atoms with E-state index < -0.39 is 18.5 Å². The number of nitrogens with zero attached hydrogens (tertiary/aromatic N) is 1. The summed E-state index contributed by atoms with van der Waals surface area (Å²) in [6.07, 6.45) is 0. The zero-order chi connectivity index (χ0) is 18.9. The first-order valence-corrected chi connectivity index (χ1v) is 9.27. The minimum atomic E-state index is -0.645. The first-order valence-electron chi connectivity index (χ1n) is 7.87. The smallest absolute Gasteiger partial charge is 0.340 e. The van der Waals surface area contributed by atoms with Crippen molar-refractivity contribution < 1.29 is 24.2 Å². The Morgan fingerprint density at radius 2 is 2.08 bits per heavy atom. The molecule has 0 aliphatic carbocycles. The van der Waals surface area contributed by atoms with Gasteiger partial charge in [0.05, 0.1) is 17.9 Å². The number of carbonyl (C=O) groups excluding carboxylic acids is 3. The van der Waals surface area contributed by atoms with Crippen LogP contribution in [0.4, 0.5) is 5.69 Å². The van der Waals surface area contributed by atoms with Gasteiger partial charge in [-0.15, -0.1) is 0 Å². The van der Waals surface area contributed by atoms with Gasteiger partial charge in [0.1, 0.15) is 4.32 Å². The van der Waals surface area contributed by atoms with Gasteiger partial charge in [0.2, 0.25) is 5.91 Å². The van der Waals surface area contributed by atoms with Crippen molar-refractivity contribution in [3.05, 3.63) is 29.8 Å². The molecule has 0 bridgehead atoms. The molecule has 0 spiro atoms. The maximum Gasteiger partial charge on any atom is 0.340 e. The van der Waals surface area contributed by atoms with Crippen LogP contribution >= 0.6 is 24.0 Å². The van der Waals surface area contributed by atoms with E-state index in [1.807, 2.05) is 0 Å². The lowest BCUT2D eigenvalue weighted by atomic mass is 10.2. The summed E-state index contributed by atoms with van der Waals surface area (Å²) in [4.78, 5) is 36.9. The molecule has 2 rings (SSSR count). The summed E-state index contributed by atoms with van der Waals surface area (Å²) in [5.74, 6) is -0.862. The second-order valence-corrected chi connectivity index (χ2v) is 6.83. The van der Waals surface area contributed by atoms with Crippen molar-refractivity contribution in [1.82, 2.24) is 10.2 Å². The molecule has 8 nitrogen and oxygen atoms in total. The van der Waals surface area contributed by atoms with E-state index in [9.17, 15) is 14.4 Å². The monoisotopic (exact) mass is 397 g/mol. The molecule has 1 aliphatic rings. The quantitative estimate of drug-likeness (QED) is 0.401. The van der Waals surface area contributed by atoms with Gasteiger partial charge in [0, 0.05) is 25.3 Å². The van der Waals surface area contributed by atoms with E-state index in [2.05, 4.69) is 10.6 Å². The Morgan fingerprint density at radius 3 is 2.77 bits per heavy atom. The van der Waals surface area contributed by atoms with Gasteiger partial charge in [-0.1, -0.05) is 36.1 Å². The molecule has 0 atom stereocenters. The number of thioether (sulfide) groups is 1. The molecule has 0 radical (unpaired) electrons. The van der Waals surface area contributed by atoms with Crippen LogP contribution in [0.15, 0.2) is 24.3 Å². The summed E-state index contributed by atoms with van der Waals surface area (Å²) in [5.41, 5.74) is 0.796. The zero-order valence-corrected chi connectivity index (χ0v) is 15.5. The molecule has 1 aromatic rings. The van der Waals surface area contributed by atoms with Crippen LogP contribution in [0.5, 0.6) is 0 Å². The van der Waals surface area contributed by atoms with E-state index in [0.717, 1.165) is 0 Å². The summed E-state index contributed by atoms with van der Waals surface area (Å²) < 4.78 is 5.51. The van der Waals surface area contributed by atoms with E-state index >= 15 is 0 Å². The van der Waals surface area contributed by atoms with Crippen molar-refractivity contribution in [3.8, 4) is 0 Å². The molecule has 26 heavy (non-hydrogen) atoms. The summed E-state index contributed by atoms with van der Waals surface area (Å²) in [6, 6.07) is 6.66. The topological polar surface area (TPSA) is 108 Å². The number of amides is 2. The third-order valence-corrected chi connectivity index (χ3v) is 4.84. The molecule has 1 heterocycles. The number of aliphatic hydroxyl groups excluding tert-OH is 1. The molecule has 1 fully saturated rings. The molecular weight excluding hydrogens is 378 g/mol. The Balaban J connectivity index is 1.76. The van der Waals surface area contributed by atoms with Crippen molar-refractivity contribution in [1.29, 1.82) is 0 Å². The molecule has 0 unspecified atom stereocenters. The molecule has 0 saturated carbocycles. The molecule has 3 N–H and O–H groups in total. The lowest BCUT2D eigenvalue weighted by molar-refractivity contribution is -0.126. The lowest BCUT2D eigenvalue weighted by Gasteiger charge is -2.15. The number of hydrogen-bond donors (Lipinski definition) is 3. The number of ether oxygens (including phenoxy) is 1. The van der Waals surface area contributed by atoms with Crippen LogP contribution in [0, 0.1) is 0 Å². The number of hydrogen-bond acceptors (Lipinski definition) is 8. The summed E-state index contributed by atoms with van der Waals surface area (Å²) in [5, 5.41) is 14.3. The lowest BCUT2D eigenvalue weighted by Crippen LogP contribution is -2.38. The fourth-order valence-electron chi connectivity index (χ4n) is 2.17. The Labute approximate surface area is 160 Å². The van der Waals surface area contributed by atoms with Crippen LogP contribution in [-0.2, 0) is 14.3 Å². The molecule has 1 saturated heterocycles. The number of rotatable bonds is 9. The van der Waals surface area contributed by atoms with Gasteiger partial charge >= 0.3 is 5.97 Å². The third kappa shape index (κ3) is 5.68. The average molecular weight is 397 g/mol. The van der Waals surface area contributed by atoms with Gasteiger partial charge in [-0.25, -0.2) is 4.79 Å². The Morgan fingerprint density at radius 1 is 1.31 bits per heavy atom. The van der Waals surface area contributed by atoms with Crippen LogP contribution in [0.2, 0.25) is 0 Å². The van der Waals surface area contributed by atoms with E-state index in [-0.39, 0.29) is 31.2 Å². The van der Waals surface area contributed by atoms with E-state index in [1.54, 1.807) is 24.3 Å². The highest BCUT2D eigenvalue weighted by atomic mass is 32.2. The Bertz CT molecular complexity index is 682. The molecule has 1 aromatic carbocycles. The van der Waals surface area contributed by atoms with Gasteiger partial charge in [-0.05, 0) is 12.1 Å². The SMILES string of the molecule is O=C(COC(=O)c1ccccc1NCCO)NCCN1C(=O)CSC1=S. The molecule has 2 amide bonds. The van der Waals surface area contributed by atoms with Crippen molar-refractivity contribution in [2.24, 2.45) is 0 Å². The van der Waals surface area contributed by atoms with E-state index in [0.29, 0.717) is 22.3 Å². The van der Waals surface area contributed by atoms with E-state index in [1.165, 1.54) is 16.7 Å². The van der Waals surface area contributed by atoms with Gasteiger partial charge in [0.15, 0.2) is 6.61 Å². The van der Waals surface area contributed by atoms with Crippen molar-refractivity contribution >= 4 is 51.8 Å². The number of aliphatic hydroxyl groups is 1. The predicted octanol–water partition coefficient (Wildman–Crippen LogP) is 0.224. The highest BCUT2D eigenvalue weighted by molar-refractivity contribution is 8.23. The first-order chi connectivity index (χ1) is 12.5. The number of thiocarbonyl (C=S) groups is 1. The van der Waals surface area contributed by atoms with Crippen molar-refractivity contribution in [3.63, 3.8) is 0 Å². The number of nitrogens with one attached hydrogen (secondary N) is 2. The first kappa shape index (κ1) is 20.1. The van der Waals surface area contributed by atoms with Crippen LogP contribution in [0.3, 0.4) is 0 Å². The normalized spacial score (nSPS) is 13.7. The van der Waals surface area contributed by atoms with Gasteiger partial charge in [-0.3, -0.25) is 14.5 Å².